The van der Waals surface area contributed by atoms with Crippen molar-refractivity contribution < 1.29 is 38.0 Å². The van der Waals surface area contributed by atoms with Gasteiger partial charge in [0.2, 0.25) is 0 Å². The van der Waals surface area contributed by atoms with Gasteiger partial charge in [0, 0.05) is 20.3 Å². The van der Waals surface area contributed by atoms with E-state index in [0.29, 0.717) is 26.4 Å². The molecule has 2 aliphatic rings. The number of allylic oxidation sites excluding steroid dienone is 2. The zero-order valence-electron chi connectivity index (χ0n) is 20.4. The van der Waals surface area contributed by atoms with Gasteiger partial charge in [-0.15, -0.1) is 0 Å². The molecular weight excluding hydrogens is 428 g/mol. The highest BCUT2D eigenvalue weighted by Gasteiger charge is 2.38. The van der Waals surface area contributed by atoms with Crippen molar-refractivity contribution in [1.29, 1.82) is 0 Å². The van der Waals surface area contributed by atoms with Gasteiger partial charge in [0.05, 0.1) is 38.6 Å². The lowest BCUT2D eigenvalue weighted by Crippen LogP contribution is -2.27. The topological polar surface area (TPSA) is 81.7 Å². The molecule has 0 aromatic heterocycles. The summed E-state index contributed by atoms with van der Waals surface area (Å²) in [6, 6.07) is 0. The van der Waals surface area contributed by atoms with Crippen LogP contribution < -0.4 is 0 Å². The van der Waals surface area contributed by atoms with Crippen LogP contribution in [0.3, 0.4) is 0 Å². The number of rotatable bonds is 13. The summed E-state index contributed by atoms with van der Waals surface area (Å²) < 4.78 is 38.7. The van der Waals surface area contributed by atoms with E-state index in [9.17, 15) is 4.79 Å². The van der Waals surface area contributed by atoms with E-state index in [1.807, 2.05) is 13.0 Å². The summed E-state index contributed by atoms with van der Waals surface area (Å²) in [6.07, 6.45) is 12.9. The van der Waals surface area contributed by atoms with E-state index in [1.54, 1.807) is 14.2 Å². The largest absolute Gasteiger partial charge is 0.459 e. The van der Waals surface area contributed by atoms with Crippen molar-refractivity contribution in [1.82, 2.24) is 0 Å². The highest BCUT2D eigenvalue weighted by molar-refractivity contribution is 5.82. The number of fused-ring (bicyclic) bond motifs is 1. The predicted molar refractivity (Wildman–Crippen MR) is 124 cm³/mol. The maximum atomic E-state index is 12.4. The smallest absolute Gasteiger partial charge is 0.330 e. The van der Waals surface area contributed by atoms with Crippen LogP contribution in [0.1, 0.15) is 45.4 Å². The monoisotopic (exact) mass is 470 g/mol. The number of carbonyl (C=O) groups is 1. The molecule has 8 nitrogen and oxygen atoms in total. The van der Waals surface area contributed by atoms with E-state index in [4.69, 9.17) is 33.2 Å². The maximum Gasteiger partial charge on any atom is 0.330 e. The average molecular weight is 471 g/mol. The van der Waals surface area contributed by atoms with Crippen molar-refractivity contribution in [2.45, 2.75) is 63.8 Å². The lowest BCUT2D eigenvalue weighted by molar-refractivity contribution is -0.143. The van der Waals surface area contributed by atoms with Crippen LogP contribution in [0.25, 0.3) is 0 Å². The van der Waals surface area contributed by atoms with Gasteiger partial charge in [-0.3, -0.25) is 0 Å². The summed E-state index contributed by atoms with van der Waals surface area (Å²) in [5.41, 5.74) is 0. The number of hydrogen-bond acceptors (Lipinski definition) is 8. The molecule has 2 rings (SSSR count). The van der Waals surface area contributed by atoms with Crippen molar-refractivity contribution in [3.8, 4) is 0 Å². The molecule has 0 radical (unpaired) electrons. The van der Waals surface area contributed by atoms with Gasteiger partial charge in [-0.2, -0.15) is 0 Å². The summed E-state index contributed by atoms with van der Waals surface area (Å²) in [4.78, 5) is 12.4. The first kappa shape index (κ1) is 28.0. The van der Waals surface area contributed by atoms with Crippen molar-refractivity contribution in [2.75, 3.05) is 54.2 Å². The first-order valence-corrected chi connectivity index (χ1v) is 12.1. The fraction of sp³-hybridized carbons (Fsp3) is 0.800. The molecule has 1 saturated carbocycles. The molecule has 1 fully saturated rings. The van der Waals surface area contributed by atoms with Crippen molar-refractivity contribution >= 4 is 5.97 Å². The van der Waals surface area contributed by atoms with Crippen molar-refractivity contribution in [2.24, 2.45) is 11.8 Å². The Morgan fingerprint density at radius 3 is 2.39 bits per heavy atom. The molecule has 0 unspecified atom stereocenters. The Balaban J connectivity index is 2.06. The summed E-state index contributed by atoms with van der Waals surface area (Å²) >= 11 is 0. The minimum atomic E-state index is -0.322. The average Bonchev–Trinajstić information content (AvgIpc) is 3.22. The second-order valence-corrected chi connectivity index (χ2v) is 8.44. The predicted octanol–water partition coefficient (Wildman–Crippen LogP) is 3.64. The molecule has 0 amide bonds. The second-order valence-electron chi connectivity index (χ2n) is 8.44. The zero-order chi connectivity index (χ0) is 23.7. The fourth-order valence-corrected chi connectivity index (χ4v) is 4.24. The molecule has 8 heteroatoms. The molecule has 0 bridgehead atoms. The van der Waals surface area contributed by atoms with Crippen LogP contribution in [0.4, 0.5) is 0 Å². The van der Waals surface area contributed by atoms with Crippen LogP contribution in [0.2, 0.25) is 0 Å². The lowest BCUT2D eigenvalue weighted by Gasteiger charge is -2.25. The van der Waals surface area contributed by atoms with Gasteiger partial charge in [-0.1, -0.05) is 19.1 Å². The second kappa shape index (κ2) is 17.2. The van der Waals surface area contributed by atoms with Gasteiger partial charge in [-0.25, -0.2) is 4.79 Å². The van der Waals surface area contributed by atoms with Crippen LogP contribution in [0.15, 0.2) is 24.3 Å². The molecule has 5 atom stereocenters. The van der Waals surface area contributed by atoms with E-state index in [1.165, 1.54) is 6.08 Å². The zero-order valence-corrected chi connectivity index (χ0v) is 20.4. The third kappa shape index (κ3) is 11.1. The molecule has 1 aliphatic heterocycles. The van der Waals surface area contributed by atoms with E-state index in [-0.39, 0.29) is 49.7 Å². The number of cyclic esters (lactones) is 1. The number of esters is 1. The SMILES string of the molecule is CC[C@H]1CCC/C=C/[C@@H]2C[C@H](OCOCCOC)C[C@H]2[C@H](OCOCCOC)/C=C/C(=O)O1. The van der Waals surface area contributed by atoms with Gasteiger partial charge in [0.15, 0.2) is 0 Å². The van der Waals surface area contributed by atoms with Crippen LogP contribution in [-0.4, -0.2) is 78.5 Å². The normalized spacial score (nSPS) is 30.5. The molecule has 0 N–H and O–H groups in total. The van der Waals surface area contributed by atoms with Gasteiger partial charge >= 0.3 is 5.97 Å². The quantitative estimate of drug-likeness (QED) is 0.175. The minimum absolute atomic E-state index is 0.0524. The third-order valence-electron chi connectivity index (χ3n) is 6.08. The van der Waals surface area contributed by atoms with Gasteiger partial charge in [-0.05, 0) is 56.4 Å². The minimum Gasteiger partial charge on any atom is -0.459 e. The van der Waals surface area contributed by atoms with E-state index in [2.05, 4.69) is 12.2 Å². The van der Waals surface area contributed by atoms with E-state index < -0.39 is 0 Å². The molecule has 33 heavy (non-hydrogen) atoms. The van der Waals surface area contributed by atoms with Gasteiger partial charge < -0.3 is 33.2 Å². The number of methoxy groups -OCH3 is 2. The van der Waals surface area contributed by atoms with Crippen LogP contribution in [0.5, 0.6) is 0 Å². The summed E-state index contributed by atoms with van der Waals surface area (Å²) in [5.74, 6) is 0.112. The molecule has 0 aromatic rings. The van der Waals surface area contributed by atoms with Gasteiger partial charge in [0.25, 0.3) is 0 Å². The molecule has 1 heterocycles. The van der Waals surface area contributed by atoms with Crippen molar-refractivity contribution in [3.05, 3.63) is 24.3 Å². The molecule has 0 aromatic carbocycles. The first-order chi connectivity index (χ1) is 16.2. The Labute approximate surface area is 198 Å². The van der Waals surface area contributed by atoms with E-state index >= 15 is 0 Å². The standard InChI is InChI=1S/C25H42O8/c1-4-21-9-7-5-6-8-20-16-22(31-18-29-14-12-27-2)17-23(20)24(10-11-25(26)33-21)32-19-30-15-13-28-3/h6,8,10-11,20-24H,4-5,7,9,12-19H2,1-3H3/b8-6+,11-10+/t20-,21+,22+,23-,24-/m1/s1. The summed E-state index contributed by atoms with van der Waals surface area (Å²) in [6.45, 7) is 4.41. The molecule has 1 aliphatic carbocycles. The van der Waals surface area contributed by atoms with Crippen LogP contribution in [0, 0.1) is 11.8 Å². The number of hydrogen-bond donors (Lipinski definition) is 0. The Morgan fingerprint density at radius 1 is 0.970 bits per heavy atom. The maximum absolute atomic E-state index is 12.4. The summed E-state index contributed by atoms with van der Waals surface area (Å²) in [7, 11) is 3.28. The Kier molecular flexibility index (Phi) is 14.6. The number of ether oxygens (including phenoxy) is 7. The van der Waals surface area contributed by atoms with E-state index in [0.717, 1.165) is 38.5 Å². The van der Waals surface area contributed by atoms with Crippen molar-refractivity contribution in [3.63, 3.8) is 0 Å². The molecule has 0 saturated heterocycles. The van der Waals surface area contributed by atoms with Crippen LogP contribution >= 0.6 is 0 Å². The summed E-state index contributed by atoms with van der Waals surface area (Å²) in [5, 5.41) is 0. The fourth-order valence-electron chi connectivity index (χ4n) is 4.24. The molecular formula is C25H42O8. The highest BCUT2D eigenvalue weighted by Crippen LogP contribution is 2.39. The molecule has 0 spiro atoms. The Bertz CT molecular complexity index is 579. The number of carbonyl (C=O) groups excluding carboxylic acids is 1. The third-order valence-corrected chi connectivity index (χ3v) is 6.08. The molecule has 190 valence electrons. The van der Waals surface area contributed by atoms with Gasteiger partial charge in [0.1, 0.15) is 19.7 Å². The first-order valence-electron chi connectivity index (χ1n) is 12.1. The highest BCUT2D eigenvalue weighted by atomic mass is 16.7. The van der Waals surface area contributed by atoms with Crippen LogP contribution in [-0.2, 0) is 38.0 Å². The Hall–Kier alpha value is -1.29. The Morgan fingerprint density at radius 2 is 1.70 bits per heavy atom. The lowest BCUT2D eigenvalue weighted by atomic mass is 9.89.